The average Bonchev–Trinajstić information content (AvgIpc) is 3.35. The van der Waals surface area contributed by atoms with Gasteiger partial charge >= 0.3 is 5.97 Å². The number of H-pyrrole nitrogens is 1. The highest BCUT2D eigenvalue weighted by Crippen LogP contribution is 2.31. The molecule has 0 amide bonds. The fraction of sp³-hybridized carbons (Fsp3) is 0.267. The second kappa shape index (κ2) is 8.72. The number of carbonyl (C=O) groups is 2. The first kappa shape index (κ1) is 19.8. The molecule has 3 aromatic rings. The summed E-state index contributed by atoms with van der Waals surface area (Å²) in [6.45, 7) is 1.97. The van der Waals surface area contributed by atoms with Gasteiger partial charge < -0.3 is 14.5 Å². The van der Waals surface area contributed by atoms with Crippen molar-refractivity contribution in [2.45, 2.75) is 13.3 Å². The molecule has 0 saturated carbocycles. The molecule has 11 heteroatoms. The van der Waals surface area contributed by atoms with Gasteiger partial charge in [0, 0.05) is 6.20 Å². The van der Waals surface area contributed by atoms with Gasteiger partial charge in [-0.15, -0.1) is 28.1 Å². The molecule has 0 saturated heterocycles. The number of aromatic nitrogens is 5. The molecule has 0 aliphatic rings. The van der Waals surface area contributed by atoms with Crippen LogP contribution in [0.1, 0.15) is 23.0 Å². The van der Waals surface area contributed by atoms with Crippen LogP contribution in [0.3, 0.4) is 0 Å². The molecule has 0 fully saturated rings. The van der Waals surface area contributed by atoms with Crippen molar-refractivity contribution in [3.8, 4) is 11.6 Å². The predicted molar refractivity (Wildman–Crippen MR) is 101 cm³/mol. The van der Waals surface area contributed by atoms with Crippen LogP contribution in [-0.4, -0.2) is 50.9 Å². The molecule has 0 aliphatic carbocycles. The Labute approximate surface area is 159 Å². The Bertz CT molecular complexity index is 937. The minimum absolute atomic E-state index is 0.139. The van der Waals surface area contributed by atoms with E-state index in [0.29, 0.717) is 22.5 Å². The normalized spacial score (nSPS) is 10.2. The number of carbonyl (C=O) groups excluding carboxylic acids is 2. The molecule has 0 aliphatic heterocycles. The average molecular weight is 395 g/mol. The van der Waals surface area contributed by atoms with Crippen LogP contribution in [0.5, 0.6) is 5.75 Å². The van der Waals surface area contributed by atoms with E-state index in [4.69, 9.17) is 4.74 Å². The predicted octanol–water partition coefficient (Wildman–Crippen LogP) is 1.83. The van der Waals surface area contributed by atoms with Crippen molar-refractivity contribution in [1.29, 1.82) is 0 Å². The summed E-state index contributed by atoms with van der Waals surface area (Å²) in [5.41, 5.74) is 1.43. The number of aromatic amines is 1. The largest absolute Gasteiger partial charge is 0.494 e. The summed E-state index contributed by atoms with van der Waals surface area (Å²) in [6.07, 6.45) is 5.24. The van der Waals surface area contributed by atoms with Crippen molar-refractivity contribution < 1.29 is 19.1 Å². The van der Waals surface area contributed by atoms with Crippen molar-refractivity contribution in [2.75, 3.05) is 14.2 Å². The fourth-order valence-electron chi connectivity index (χ4n) is 2.35. The van der Waals surface area contributed by atoms with Crippen molar-refractivity contribution in [2.24, 2.45) is 0 Å². The molecule has 0 radical (unpaired) electrons. The quantitative estimate of drug-likeness (QED) is 0.199. The minimum atomic E-state index is -0.957. The number of nitrogens with one attached hydrogen (secondary N) is 1. The fourth-order valence-corrected chi connectivity index (χ4v) is 2.35. The number of hydrogen-bond acceptors (Lipinski definition) is 9. The lowest BCUT2D eigenvalue weighted by atomic mass is 10.1. The topological polar surface area (TPSA) is 112 Å². The van der Waals surface area contributed by atoms with E-state index in [-0.39, 0.29) is 5.56 Å². The number of nitrogens with zero attached hydrogens (tertiary/aromatic N) is 4. The van der Waals surface area contributed by atoms with Crippen molar-refractivity contribution in [3.05, 3.63) is 29.8 Å². The van der Waals surface area contributed by atoms with Crippen LogP contribution in [0.25, 0.3) is 16.7 Å². The molecular formula is C15H17N5O4S2. The summed E-state index contributed by atoms with van der Waals surface area (Å²) < 4.78 is 9.77. The zero-order chi connectivity index (χ0) is 19.3. The number of Topliss-reactive ketones (excluding diaryl/α,β-unsaturated/α-hetero) is 1. The Morgan fingerprint density at radius 2 is 2.00 bits per heavy atom. The maximum absolute atomic E-state index is 12.2. The zero-order valence-corrected chi connectivity index (χ0v) is 16.0. The van der Waals surface area contributed by atoms with E-state index in [1.54, 1.807) is 6.20 Å². The monoisotopic (exact) mass is 395 g/mol. The second-order valence-corrected chi connectivity index (χ2v) is 4.90. The third kappa shape index (κ3) is 3.53. The van der Waals surface area contributed by atoms with Crippen molar-refractivity contribution in [3.63, 3.8) is 0 Å². The summed E-state index contributed by atoms with van der Waals surface area (Å²) in [7, 11) is 2.61. The van der Waals surface area contributed by atoms with Crippen molar-refractivity contribution >= 4 is 46.0 Å². The Balaban J connectivity index is 0.00000117. The maximum atomic E-state index is 12.2. The van der Waals surface area contributed by atoms with Gasteiger partial charge in [0.1, 0.15) is 5.75 Å². The summed E-state index contributed by atoms with van der Waals surface area (Å²) in [5.74, 6) is -0.983. The molecule has 0 aromatic carbocycles. The van der Waals surface area contributed by atoms with Crippen molar-refractivity contribution in [1.82, 2.24) is 25.0 Å². The summed E-state index contributed by atoms with van der Waals surface area (Å²) in [4.78, 5) is 32.4. The first-order valence-corrected chi connectivity index (χ1v) is 8.99. The molecule has 3 heterocycles. The summed E-state index contributed by atoms with van der Waals surface area (Å²) in [5, 5.41) is 8.91. The van der Waals surface area contributed by atoms with E-state index >= 15 is 0 Å². The van der Waals surface area contributed by atoms with E-state index in [2.05, 4.69) is 48.2 Å². The number of fused-ring (bicyclic) bond motifs is 1. The number of ether oxygens (including phenoxy) is 2. The van der Waals surface area contributed by atoms with Gasteiger partial charge in [0.2, 0.25) is 0 Å². The lowest BCUT2D eigenvalue weighted by Crippen LogP contribution is -2.15. The third-order valence-electron chi connectivity index (χ3n) is 3.58. The Morgan fingerprint density at radius 3 is 2.58 bits per heavy atom. The number of rotatable bonds is 5. The van der Waals surface area contributed by atoms with Gasteiger partial charge in [-0.05, 0) is 6.42 Å². The first-order valence-electron chi connectivity index (χ1n) is 7.39. The van der Waals surface area contributed by atoms with E-state index in [9.17, 15) is 9.59 Å². The molecule has 0 atom stereocenters. The number of hydrogen-bond donors (Lipinski definition) is 3. The van der Waals surface area contributed by atoms with Gasteiger partial charge in [0.15, 0.2) is 5.82 Å². The first-order chi connectivity index (χ1) is 12.6. The van der Waals surface area contributed by atoms with Gasteiger partial charge in [-0.2, -0.15) is 10.2 Å². The van der Waals surface area contributed by atoms with E-state index in [1.165, 1.54) is 24.3 Å². The van der Waals surface area contributed by atoms with Gasteiger partial charge in [-0.1, -0.05) is 6.92 Å². The molecule has 3 aromatic heterocycles. The smallest absolute Gasteiger partial charge is 0.379 e. The minimum Gasteiger partial charge on any atom is -0.494 e. The van der Waals surface area contributed by atoms with Crippen LogP contribution in [0, 0.1) is 0 Å². The van der Waals surface area contributed by atoms with E-state index < -0.39 is 11.8 Å². The molecule has 9 nitrogen and oxygen atoms in total. The lowest BCUT2D eigenvalue weighted by Gasteiger charge is -2.06. The molecule has 0 bridgehead atoms. The van der Waals surface area contributed by atoms with E-state index in [0.717, 1.165) is 19.2 Å². The standard InChI is InChI=1S/C15H15N5O4.H2S2/c1-4-8-5-18-20(19-8)14-12-11(10(23-2)7-17-14)9(6-16-12)13(21)15(22)24-3;1-2/h5-7,16H,4H2,1-3H3;1-2H. The Hall–Kier alpha value is -2.53. The molecular weight excluding hydrogens is 378 g/mol. The van der Waals surface area contributed by atoms with Crippen LogP contribution < -0.4 is 4.74 Å². The van der Waals surface area contributed by atoms with Gasteiger partial charge in [0.25, 0.3) is 5.78 Å². The Morgan fingerprint density at radius 1 is 1.27 bits per heavy atom. The third-order valence-corrected chi connectivity index (χ3v) is 3.58. The van der Waals surface area contributed by atoms with Crippen LogP contribution in [0.15, 0.2) is 18.6 Å². The Kier molecular flexibility index (Phi) is 6.64. The number of ketones is 1. The molecule has 26 heavy (non-hydrogen) atoms. The van der Waals surface area contributed by atoms with Crippen LogP contribution in [0.4, 0.5) is 0 Å². The highest BCUT2D eigenvalue weighted by Gasteiger charge is 2.25. The SMILES string of the molecule is CCc1cnn(-c2ncc(OC)c3c(C(=O)C(=O)OC)c[nH]c23)n1.SS. The van der Waals surface area contributed by atoms with Gasteiger partial charge in [-0.3, -0.25) is 4.79 Å². The second-order valence-electron chi connectivity index (χ2n) is 4.90. The van der Waals surface area contributed by atoms with Gasteiger partial charge in [0.05, 0.1) is 48.8 Å². The number of thiol groups is 2. The maximum Gasteiger partial charge on any atom is 0.379 e. The number of pyridine rings is 1. The highest BCUT2D eigenvalue weighted by atomic mass is 33.1. The van der Waals surface area contributed by atoms with Gasteiger partial charge in [-0.25, -0.2) is 9.78 Å². The van der Waals surface area contributed by atoms with Crippen LogP contribution >= 0.6 is 23.3 Å². The van der Waals surface area contributed by atoms with Crippen LogP contribution in [-0.2, 0) is 16.0 Å². The molecule has 138 valence electrons. The highest BCUT2D eigenvalue weighted by molar-refractivity contribution is 8.59. The lowest BCUT2D eigenvalue weighted by molar-refractivity contribution is -0.135. The number of aryl methyl sites for hydroxylation is 1. The summed E-state index contributed by atoms with van der Waals surface area (Å²) in [6, 6.07) is 0. The number of methoxy groups -OCH3 is 2. The molecule has 0 spiro atoms. The summed E-state index contributed by atoms with van der Waals surface area (Å²) >= 11 is 6.44. The molecule has 0 unspecified atom stereocenters. The molecule has 1 N–H and O–H groups in total. The van der Waals surface area contributed by atoms with E-state index in [1.807, 2.05) is 6.92 Å². The zero-order valence-electron chi connectivity index (χ0n) is 14.3. The number of esters is 1. The molecule has 3 rings (SSSR count). The van der Waals surface area contributed by atoms with Crippen LogP contribution in [0.2, 0.25) is 0 Å².